The number of aromatic hydroxyl groups is 1. The number of esters is 1. The fourth-order valence-electron chi connectivity index (χ4n) is 5.64. The van der Waals surface area contributed by atoms with E-state index in [9.17, 15) is 9.90 Å². The maximum absolute atomic E-state index is 12.2. The maximum Gasteiger partial charge on any atom is 0.308 e. The Balaban J connectivity index is 0.00000575. The number of unbranched alkanes of at least 4 members (excludes halogenated alkanes) is 1. The Morgan fingerprint density at radius 3 is 2.23 bits per heavy atom. The Kier molecular flexibility index (Phi) is 21.8. The summed E-state index contributed by atoms with van der Waals surface area (Å²) < 4.78 is 10.5. The summed E-state index contributed by atoms with van der Waals surface area (Å²) in [6.45, 7) is 14.6. The molecule has 6 N–H and O–H groups in total. The van der Waals surface area contributed by atoms with Crippen LogP contribution in [0.2, 0.25) is 0 Å². The molecule has 0 saturated heterocycles. The van der Waals surface area contributed by atoms with E-state index < -0.39 is 0 Å². The van der Waals surface area contributed by atoms with Crippen LogP contribution in [0.4, 0.5) is 0 Å². The zero-order valence-corrected chi connectivity index (χ0v) is 32.3. The molecule has 0 amide bonds. The number of phenolic OH excluding ortho intramolecular Hbond substituents is 1. The molecule has 1 aliphatic carbocycles. The zero-order valence-electron chi connectivity index (χ0n) is 28.1. The van der Waals surface area contributed by atoms with Gasteiger partial charge in [0.2, 0.25) is 0 Å². The Morgan fingerprint density at radius 2 is 1.74 bits per heavy atom. The summed E-state index contributed by atoms with van der Waals surface area (Å²) in [5.41, 5.74) is 17.8. The molecule has 0 heterocycles. The maximum atomic E-state index is 12.2. The molecule has 2 unspecified atom stereocenters. The van der Waals surface area contributed by atoms with Gasteiger partial charge in [-0.05, 0) is 73.6 Å². The number of rotatable bonds is 18. The second-order valence-electron chi connectivity index (χ2n) is 11.2. The van der Waals surface area contributed by atoms with Crippen molar-refractivity contribution in [3.8, 4) is 11.5 Å². The largest absolute Gasteiger partial charge is 0.507 e. The van der Waals surface area contributed by atoms with Gasteiger partial charge in [0.1, 0.15) is 11.5 Å². The van der Waals surface area contributed by atoms with Crippen LogP contribution in [-0.2, 0) is 16.0 Å². The van der Waals surface area contributed by atoms with Crippen molar-refractivity contribution in [2.75, 3.05) is 14.2 Å². The first-order valence-corrected chi connectivity index (χ1v) is 16.3. The van der Waals surface area contributed by atoms with Crippen molar-refractivity contribution in [3.05, 3.63) is 47.2 Å². The minimum Gasteiger partial charge on any atom is -0.507 e. The van der Waals surface area contributed by atoms with E-state index in [4.69, 9.17) is 20.9 Å². The number of ether oxygens (including phenoxy) is 2. The van der Waals surface area contributed by atoms with Crippen LogP contribution in [0.15, 0.2) is 29.1 Å². The fourth-order valence-corrected chi connectivity index (χ4v) is 5.64. The van der Waals surface area contributed by atoms with Crippen molar-refractivity contribution in [1.29, 1.82) is 0 Å². The fraction of sp³-hybridized carbons (Fsp3) is 0.657. The standard InChI is InChI=1S/C33H54N3O4.C2H6.U/c1-7-11-16-28(31(34)30-24(19-22-14-12-15-22)20-26(39-5)21-29(30)37)27(10-4)32(35)36-25(9-3)18-17-23(13-8-2)33(38)40-6;1-2;/h20-23,25,36-37H,4,7-19,34-35H2,1-3,5-6H3;1-2H3;/q-1;;/b31-28-,32-27+;;. The summed E-state index contributed by atoms with van der Waals surface area (Å²) in [6.07, 6.45) is 11.8. The third-order valence-electron chi connectivity index (χ3n) is 8.34. The van der Waals surface area contributed by atoms with Gasteiger partial charge in [-0.1, -0.05) is 66.7 Å². The van der Waals surface area contributed by atoms with Crippen molar-refractivity contribution in [2.24, 2.45) is 23.3 Å². The number of phenols is 1. The molecule has 1 aromatic carbocycles. The molecule has 1 fully saturated rings. The second-order valence-corrected chi connectivity index (χ2v) is 11.2. The van der Waals surface area contributed by atoms with E-state index in [1.165, 1.54) is 26.4 Å². The van der Waals surface area contributed by atoms with Gasteiger partial charge in [-0.2, -0.15) is 6.42 Å². The monoisotopic (exact) mass is 825 g/mol. The van der Waals surface area contributed by atoms with Gasteiger partial charge in [0.05, 0.1) is 26.0 Å². The summed E-state index contributed by atoms with van der Waals surface area (Å²) >= 11 is 0. The average Bonchev–Trinajstić information content (AvgIpc) is 2.98. The molecule has 0 aromatic heterocycles. The SMILES string of the molecule is CC.[CH2-]CC(/C(CCCC)=C(\N)c1c(O)cc(OC)cc1CC1CCC1)=C(/N)NC(CC)CCC(CCC)C(=O)OC.[U]. The number of carbonyl (C=O) groups is 1. The van der Waals surface area contributed by atoms with Crippen LogP contribution in [0.25, 0.3) is 5.70 Å². The van der Waals surface area contributed by atoms with Gasteiger partial charge < -0.3 is 38.3 Å². The van der Waals surface area contributed by atoms with Crippen LogP contribution in [0, 0.1) is 49.9 Å². The molecule has 43 heavy (non-hydrogen) atoms. The van der Waals surface area contributed by atoms with Gasteiger partial charge in [0.15, 0.2) is 0 Å². The van der Waals surface area contributed by atoms with E-state index in [1.54, 1.807) is 13.2 Å². The quantitative estimate of drug-likeness (QED) is 0.0679. The van der Waals surface area contributed by atoms with Crippen molar-refractivity contribution in [1.82, 2.24) is 5.32 Å². The van der Waals surface area contributed by atoms with Crippen molar-refractivity contribution < 1.29 is 50.5 Å². The van der Waals surface area contributed by atoms with E-state index in [1.807, 2.05) is 19.9 Å². The van der Waals surface area contributed by atoms with E-state index >= 15 is 0 Å². The topological polar surface area (TPSA) is 120 Å². The summed E-state index contributed by atoms with van der Waals surface area (Å²) in [6, 6.07) is 3.75. The molecule has 244 valence electrons. The Hall–Kier alpha value is -1.78. The Labute approximate surface area is 286 Å². The first-order chi connectivity index (χ1) is 20.2. The molecule has 0 bridgehead atoms. The Bertz CT molecular complexity index is 1020. The smallest absolute Gasteiger partial charge is 0.308 e. The molecule has 1 aromatic rings. The van der Waals surface area contributed by atoms with Crippen LogP contribution >= 0.6 is 0 Å². The third-order valence-corrected chi connectivity index (χ3v) is 8.34. The van der Waals surface area contributed by atoms with E-state index in [2.05, 4.69) is 33.0 Å². The average molecular weight is 825 g/mol. The van der Waals surface area contributed by atoms with Crippen molar-refractivity contribution >= 4 is 11.7 Å². The molecule has 1 saturated carbocycles. The Morgan fingerprint density at radius 1 is 1.07 bits per heavy atom. The van der Waals surface area contributed by atoms with E-state index in [0.717, 1.165) is 74.5 Å². The van der Waals surface area contributed by atoms with Crippen molar-refractivity contribution in [3.63, 3.8) is 0 Å². The third kappa shape index (κ3) is 12.6. The van der Waals surface area contributed by atoms with Gasteiger partial charge in [0, 0.05) is 54.5 Å². The molecule has 8 heteroatoms. The predicted octanol–water partition coefficient (Wildman–Crippen LogP) is 7.76. The first kappa shape index (κ1) is 41.2. The number of allylic oxidation sites excluding steroid dienone is 2. The molecule has 2 atom stereocenters. The van der Waals surface area contributed by atoms with Crippen LogP contribution in [0.1, 0.15) is 123 Å². The molecular weight excluding hydrogens is 764 g/mol. The summed E-state index contributed by atoms with van der Waals surface area (Å²) in [7, 11) is 3.07. The predicted molar refractivity (Wildman–Crippen MR) is 176 cm³/mol. The van der Waals surface area contributed by atoms with Gasteiger partial charge in [-0.3, -0.25) is 4.79 Å². The van der Waals surface area contributed by atoms with Crippen LogP contribution in [-0.4, -0.2) is 31.3 Å². The molecule has 0 spiro atoms. The van der Waals surface area contributed by atoms with Crippen molar-refractivity contribution in [2.45, 2.75) is 124 Å². The number of nitrogens with one attached hydrogen (secondary N) is 1. The summed E-state index contributed by atoms with van der Waals surface area (Å²) in [5, 5.41) is 14.7. The molecule has 0 aliphatic heterocycles. The van der Waals surface area contributed by atoms with E-state index in [0.29, 0.717) is 35.2 Å². The summed E-state index contributed by atoms with van der Waals surface area (Å²) in [4.78, 5) is 12.2. The van der Waals surface area contributed by atoms with E-state index in [-0.39, 0.29) is 54.8 Å². The van der Waals surface area contributed by atoms with Gasteiger partial charge >= 0.3 is 5.97 Å². The number of nitrogens with two attached hydrogens (primary N) is 2. The number of hydrogen-bond donors (Lipinski definition) is 4. The molecular formula is C35H60N3O4U-. The molecule has 0 radical (unpaired) electrons. The number of carbonyl (C=O) groups excluding carboxylic acids is 1. The second kappa shape index (κ2) is 22.7. The van der Waals surface area contributed by atoms with Crippen LogP contribution in [0.5, 0.6) is 11.5 Å². The first-order valence-electron chi connectivity index (χ1n) is 16.3. The molecule has 1 aliphatic rings. The molecule has 2 rings (SSSR count). The normalized spacial score (nSPS) is 15.3. The minimum absolute atomic E-state index is 0. The van der Waals surface area contributed by atoms with Gasteiger partial charge in [-0.25, -0.2) is 0 Å². The van der Waals surface area contributed by atoms with Crippen LogP contribution < -0.4 is 21.5 Å². The van der Waals surface area contributed by atoms with Gasteiger partial charge in [-0.15, -0.1) is 0 Å². The number of benzene rings is 1. The number of hydrogen-bond acceptors (Lipinski definition) is 7. The minimum atomic E-state index is -0.145. The molecule has 7 nitrogen and oxygen atoms in total. The number of methoxy groups -OCH3 is 2. The summed E-state index contributed by atoms with van der Waals surface area (Å²) in [5.74, 6) is 1.67. The van der Waals surface area contributed by atoms with Crippen LogP contribution in [0.3, 0.4) is 0 Å². The zero-order chi connectivity index (χ0) is 31.7. The van der Waals surface area contributed by atoms with Gasteiger partial charge in [0.25, 0.3) is 0 Å².